The number of nitrogens with zero attached hydrogens (tertiary/aromatic N) is 3. The molecule has 0 aliphatic rings. The number of hydrogen-bond donors (Lipinski definition) is 2. The van der Waals surface area contributed by atoms with E-state index in [9.17, 15) is 14.3 Å². The van der Waals surface area contributed by atoms with Crippen LogP contribution in [-0.4, -0.2) is 41.4 Å². The summed E-state index contributed by atoms with van der Waals surface area (Å²) < 4.78 is 14.5. The van der Waals surface area contributed by atoms with Gasteiger partial charge in [0, 0.05) is 38.9 Å². The highest BCUT2D eigenvalue weighted by Crippen LogP contribution is 2.20. The monoisotopic (exact) mass is 382 g/mol. The molecule has 28 heavy (non-hydrogen) atoms. The van der Waals surface area contributed by atoms with Crippen molar-refractivity contribution in [1.82, 2.24) is 15.1 Å². The number of hydrogen-bond acceptors (Lipinski definition) is 4. The Balaban J connectivity index is 1.65. The minimum Gasteiger partial charge on any atom is -0.387 e. The molecule has 3 rings (SSSR count). The molecule has 2 aromatic carbocycles. The van der Waals surface area contributed by atoms with Gasteiger partial charge in [0.2, 0.25) is 0 Å². The second-order valence-corrected chi connectivity index (χ2v) is 6.76. The van der Waals surface area contributed by atoms with Gasteiger partial charge in [0.15, 0.2) is 0 Å². The number of carbonyl (C=O) groups is 1. The normalized spacial score (nSPS) is 11.9. The minimum absolute atomic E-state index is 0.0806. The van der Waals surface area contributed by atoms with Crippen LogP contribution in [0.25, 0.3) is 11.3 Å². The molecule has 6 nitrogen and oxygen atoms in total. The molecule has 1 aromatic heterocycles. The molecule has 0 unspecified atom stereocenters. The summed E-state index contributed by atoms with van der Waals surface area (Å²) in [7, 11) is 5.55. The maximum Gasteiger partial charge on any atom is 0.269 e. The number of anilines is 1. The molecule has 1 amide bonds. The summed E-state index contributed by atoms with van der Waals surface area (Å²) in [4.78, 5) is 14.5. The SMILES string of the molecule is CN(C)c1ccc([C@@H](O)CNC(=O)c2cc(-c3ccc(F)cc3)nn2C)cc1. The van der Waals surface area contributed by atoms with Gasteiger partial charge in [-0.05, 0) is 48.0 Å². The van der Waals surface area contributed by atoms with Gasteiger partial charge in [-0.2, -0.15) is 5.10 Å². The van der Waals surface area contributed by atoms with Gasteiger partial charge >= 0.3 is 0 Å². The third-order valence-electron chi connectivity index (χ3n) is 4.50. The van der Waals surface area contributed by atoms with Gasteiger partial charge in [-0.3, -0.25) is 9.48 Å². The lowest BCUT2D eigenvalue weighted by Gasteiger charge is -2.15. The molecular formula is C21H23FN4O2. The van der Waals surface area contributed by atoms with E-state index in [4.69, 9.17) is 0 Å². The number of carbonyl (C=O) groups excluding carboxylic acids is 1. The molecule has 0 saturated heterocycles. The fraction of sp³-hybridized carbons (Fsp3) is 0.238. The summed E-state index contributed by atoms with van der Waals surface area (Å²) >= 11 is 0. The summed E-state index contributed by atoms with van der Waals surface area (Å²) in [5, 5.41) is 17.4. The average molecular weight is 382 g/mol. The molecule has 0 radical (unpaired) electrons. The number of rotatable bonds is 6. The van der Waals surface area contributed by atoms with Crippen molar-refractivity contribution in [3.05, 3.63) is 71.7 Å². The van der Waals surface area contributed by atoms with Crippen molar-refractivity contribution in [3.8, 4) is 11.3 Å². The quantitative estimate of drug-likeness (QED) is 0.688. The highest BCUT2D eigenvalue weighted by atomic mass is 19.1. The Kier molecular flexibility index (Phi) is 5.75. The van der Waals surface area contributed by atoms with Crippen LogP contribution in [0.15, 0.2) is 54.6 Å². The molecule has 0 bridgehead atoms. The number of nitrogens with one attached hydrogen (secondary N) is 1. The van der Waals surface area contributed by atoms with Crippen molar-refractivity contribution in [1.29, 1.82) is 0 Å². The van der Waals surface area contributed by atoms with Gasteiger partial charge in [-0.1, -0.05) is 12.1 Å². The van der Waals surface area contributed by atoms with Crippen LogP contribution in [0.5, 0.6) is 0 Å². The highest BCUT2D eigenvalue weighted by molar-refractivity contribution is 5.93. The fourth-order valence-corrected chi connectivity index (χ4v) is 2.83. The zero-order chi connectivity index (χ0) is 20.3. The van der Waals surface area contributed by atoms with E-state index in [2.05, 4.69) is 10.4 Å². The predicted molar refractivity (Wildman–Crippen MR) is 107 cm³/mol. The van der Waals surface area contributed by atoms with Crippen LogP contribution < -0.4 is 10.2 Å². The molecule has 7 heteroatoms. The Hall–Kier alpha value is -3.19. The Morgan fingerprint density at radius 2 is 1.82 bits per heavy atom. The Bertz CT molecular complexity index is 950. The van der Waals surface area contributed by atoms with Crippen LogP contribution in [0.1, 0.15) is 22.2 Å². The minimum atomic E-state index is -0.815. The molecule has 1 heterocycles. The van der Waals surface area contributed by atoms with Crippen LogP contribution in [0.3, 0.4) is 0 Å². The Labute approximate surface area is 163 Å². The van der Waals surface area contributed by atoms with Crippen LogP contribution in [0.4, 0.5) is 10.1 Å². The number of aliphatic hydroxyl groups excluding tert-OH is 1. The van der Waals surface area contributed by atoms with Crippen molar-refractivity contribution in [2.45, 2.75) is 6.10 Å². The molecule has 2 N–H and O–H groups in total. The fourth-order valence-electron chi connectivity index (χ4n) is 2.83. The van der Waals surface area contributed by atoms with Crippen LogP contribution in [0, 0.1) is 5.82 Å². The maximum atomic E-state index is 13.1. The number of aliphatic hydroxyl groups is 1. The molecule has 0 aliphatic heterocycles. The van der Waals surface area contributed by atoms with Gasteiger partial charge in [-0.25, -0.2) is 4.39 Å². The Morgan fingerprint density at radius 3 is 2.43 bits per heavy atom. The van der Waals surface area contributed by atoms with Crippen LogP contribution >= 0.6 is 0 Å². The Morgan fingerprint density at radius 1 is 1.18 bits per heavy atom. The van der Waals surface area contributed by atoms with E-state index < -0.39 is 6.10 Å². The van der Waals surface area contributed by atoms with Crippen molar-refractivity contribution in [2.24, 2.45) is 7.05 Å². The van der Waals surface area contributed by atoms with Crippen molar-refractivity contribution < 1.29 is 14.3 Å². The smallest absolute Gasteiger partial charge is 0.269 e. The third-order valence-corrected chi connectivity index (χ3v) is 4.50. The molecule has 146 valence electrons. The van der Waals surface area contributed by atoms with Gasteiger partial charge in [-0.15, -0.1) is 0 Å². The van der Waals surface area contributed by atoms with E-state index in [1.54, 1.807) is 25.2 Å². The van der Waals surface area contributed by atoms with Gasteiger partial charge in [0.05, 0.1) is 11.8 Å². The van der Waals surface area contributed by atoms with E-state index >= 15 is 0 Å². The lowest BCUT2D eigenvalue weighted by molar-refractivity contribution is 0.0907. The molecule has 0 saturated carbocycles. The van der Waals surface area contributed by atoms with Gasteiger partial charge < -0.3 is 15.3 Å². The summed E-state index contributed by atoms with van der Waals surface area (Å²) in [6, 6.07) is 15.1. The first-order valence-electron chi connectivity index (χ1n) is 8.88. The number of amides is 1. The topological polar surface area (TPSA) is 70.4 Å². The van der Waals surface area contributed by atoms with E-state index in [1.165, 1.54) is 16.8 Å². The number of benzene rings is 2. The highest BCUT2D eigenvalue weighted by Gasteiger charge is 2.16. The average Bonchev–Trinajstić information content (AvgIpc) is 3.08. The van der Waals surface area contributed by atoms with Gasteiger partial charge in [0.1, 0.15) is 11.5 Å². The second kappa shape index (κ2) is 8.22. The first kappa shape index (κ1) is 19.6. The van der Waals surface area contributed by atoms with Gasteiger partial charge in [0.25, 0.3) is 5.91 Å². The summed E-state index contributed by atoms with van der Waals surface area (Å²) in [5.74, 6) is -0.669. The summed E-state index contributed by atoms with van der Waals surface area (Å²) in [6.45, 7) is 0.0806. The maximum absolute atomic E-state index is 13.1. The number of halogens is 1. The zero-order valence-electron chi connectivity index (χ0n) is 16.1. The number of aryl methyl sites for hydroxylation is 1. The molecule has 0 fully saturated rings. The molecule has 3 aromatic rings. The molecule has 1 atom stereocenters. The first-order valence-corrected chi connectivity index (χ1v) is 8.88. The van der Waals surface area contributed by atoms with E-state index in [1.807, 2.05) is 43.3 Å². The zero-order valence-corrected chi connectivity index (χ0v) is 16.1. The van der Waals surface area contributed by atoms with Crippen molar-refractivity contribution in [3.63, 3.8) is 0 Å². The predicted octanol–water partition coefficient (Wildman–Crippen LogP) is 2.76. The second-order valence-electron chi connectivity index (χ2n) is 6.76. The first-order chi connectivity index (χ1) is 13.3. The molecule has 0 spiro atoms. The summed E-state index contributed by atoms with van der Waals surface area (Å²) in [5.41, 5.74) is 3.41. The lowest BCUT2D eigenvalue weighted by Crippen LogP contribution is -2.29. The largest absolute Gasteiger partial charge is 0.387 e. The lowest BCUT2D eigenvalue weighted by atomic mass is 10.1. The van der Waals surface area contributed by atoms with E-state index in [0.29, 0.717) is 11.4 Å². The summed E-state index contributed by atoms with van der Waals surface area (Å²) in [6.07, 6.45) is -0.815. The van der Waals surface area contributed by atoms with Crippen molar-refractivity contribution in [2.75, 3.05) is 25.5 Å². The van der Waals surface area contributed by atoms with E-state index in [-0.39, 0.29) is 18.3 Å². The van der Waals surface area contributed by atoms with Crippen molar-refractivity contribution >= 4 is 11.6 Å². The number of aromatic nitrogens is 2. The van der Waals surface area contributed by atoms with Crippen LogP contribution in [0.2, 0.25) is 0 Å². The third kappa shape index (κ3) is 4.37. The van der Waals surface area contributed by atoms with E-state index in [0.717, 1.165) is 16.8 Å². The molecule has 0 aliphatic carbocycles. The molecular weight excluding hydrogens is 359 g/mol. The standard InChI is InChI=1S/C21H23FN4O2/c1-25(2)17-10-6-15(7-11-17)20(27)13-23-21(28)19-12-18(24-26(19)3)14-4-8-16(22)9-5-14/h4-12,20,27H,13H2,1-3H3,(H,23,28)/t20-/m0/s1. The van der Waals surface area contributed by atoms with Crippen LogP contribution in [-0.2, 0) is 7.05 Å².